The van der Waals surface area contributed by atoms with Crippen molar-refractivity contribution in [3.8, 4) is 0 Å². The Kier molecular flexibility index (Phi) is 5.16. The lowest BCUT2D eigenvalue weighted by atomic mass is 10.1. The van der Waals surface area contributed by atoms with E-state index < -0.39 is 0 Å². The Labute approximate surface area is 125 Å². The highest BCUT2D eigenvalue weighted by molar-refractivity contribution is 5.81. The smallest absolute Gasteiger partial charge is 0.293 e. The Balaban J connectivity index is 1.79. The van der Waals surface area contributed by atoms with E-state index in [4.69, 9.17) is 0 Å². The summed E-state index contributed by atoms with van der Waals surface area (Å²) in [5.41, 5.74) is 7.28. The fraction of sp³-hybridized carbons (Fsp3) is 0.467. The summed E-state index contributed by atoms with van der Waals surface area (Å²) in [6.07, 6.45) is 0. The monoisotopic (exact) mass is 291 g/mol. The van der Waals surface area contributed by atoms with Crippen LogP contribution in [0.5, 0.6) is 0 Å². The lowest BCUT2D eigenvalue weighted by molar-refractivity contribution is -0.892. The zero-order valence-corrected chi connectivity index (χ0v) is 12.6. The summed E-state index contributed by atoms with van der Waals surface area (Å²) in [6, 6.07) is 8.37. The van der Waals surface area contributed by atoms with Gasteiger partial charge in [-0.25, -0.2) is 0 Å². The Morgan fingerprint density at radius 1 is 1.19 bits per heavy atom. The summed E-state index contributed by atoms with van der Waals surface area (Å²) in [4.78, 5) is 26.0. The van der Waals surface area contributed by atoms with Gasteiger partial charge in [0.1, 0.15) is 0 Å². The molecule has 0 spiro atoms. The van der Waals surface area contributed by atoms with E-state index in [0.29, 0.717) is 6.54 Å². The molecule has 0 bridgehead atoms. The van der Waals surface area contributed by atoms with Gasteiger partial charge in [-0.05, 0) is 18.6 Å². The second kappa shape index (κ2) is 7.08. The van der Waals surface area contributed by atoms with Crippen LogP contribution in [0.15, 0.2) is 24.3 Å². The predicted molar refractivity (Wildman–Crippen MR) is 80.9 cm³/mol. The molecule has 3 N–H and O–H groups in total. The van der Waals surface area contributed by atoms with E-state index >= 15 is 0 Å². The van der Waals surface area contributed by atoms with Crippen LogP contribution in [0.25, 0.3) is 0 Å². The number of hydrazine groups is 1. The number of benzene rings is 1. The average molecular weight is 291 g/mol. The Morgan fingerprint density at radius 2 is 1.86 bits per heavy atom. The standard InChI is InChI=1S/C15H22N4O2/c1-12-5-3-4-6-14(12)19-9-7-18(8-10-19)11-15(21)17-16-13(2)20/h3-6H,7-11H2,1-2H3,(H,16,20)(H,17,21)/p+1. The van der Waals surface area contributed by atoms with Gasteiger partial charge in [0.25, 0.3) is 5.91 Å². The molecule has 2 amide bonds. The number of anilines is 1. The van der Waals surface area contributed by atoms with Crippen molar-refractivity contribution in [3.63, 3.8) is 0 Å². The van der Waals surface area contributed by atoms with Crippen molar-refractivity contribution < 1.29 is 14.5 Å². The van der Waals surface area contributed by atoms with Crippen LogP contribution in [0.2, 0.25) is 0 Å². The van der Waals surface area contributed by atoms with Gasteiger partial charge >= 0.3 is 0 Å². The molecule has 0 atom stereocenters. The van der Waals surface area contributed by atoms with Gasteiger partial charge in [-0.15, -0.1) is 0 Å². The molecule has 6 heteroatoms. The Hall–Kier alpha value is -2.08. The molecular formula is C15H23N4O2+. The van der Waals surface area contributed by atoms with Gasteiger partial charge in [0, 0.05) is 12.6 Å². The maximum absolute atomic E-state index is 11.7. The molecule has 1 heterocycles. The van der Waals surface area contributed by atoms with E-state index in [-0.39, 0.29) is 11.8 Å². The molecule has 0 aliphatic carbocycles. The summed E-state index contributed by atoms with van der Waals surface area (Å²) < 4.78 is 0. The van der Waals surface area contributed by atoms with Gasteiger partial charge < -0.3 is 9.80 Å². The van der Waals surface area contributed by atoms with E-state index in [0.717, 1.165) is 26.2 Å². The highest BCUT2D eigenvalue weighted by atomic mass is 16.2. The van der Waals surface area contributed by atoms with Crippen molar-refractivity contribution in [1.82, 2.24) is 10.9 Å². The number of piperazine rings is 1. The molecule has 1 aromatic carbocycles. The fourth-order valence-corrected chi connectivity index (χ4v) is 2.59. The molecule has 0 radical (unpaired) electrons. The number of rotatable bonds is 3. The zero-order chi connectivity index (χ0) is 15.2. The number of carbonyl (C=O) groups excluding carboxylic acids is 2. The van der Waals surface area contributed by atoms with E-state index in [1.807, 2.05) is 6.07 Å². The lowest BCUT2D eigenvalue weighted by Crippen LogP contribution is -3.16. The van der Waals surface area contributed by atoms with Gasteiger partial charge in [0.05, 0.1) is 26.2 Å². The molecule has 1 aliphatic rings. The third-order valence-corrected chi connectivity index (χ3v) is 3.72. The third-order valence-electron chi connectivity index (χ3n) is 3.72. The zero-order valence-electron chi connectivity index (χ0n) is 12.6. The highest BCUT2D eigenvalue weighted by Gasteiger charge is 2.22. The summed E-state index contributed by atoms with van der Waals surface area (Å²) >= 11 is 0. The second-order valence-electron chi connectivity index (χ2n) is 5.43. The van der Waals surface area contributed by atoms with Crippen molar-refractivity contribution in [1.29, 1.82) is 0 Å². The molecule has 0 saturated carbocycles. The molecule has 6 nitrogen and oxygen atoms in total. The summed E-state index contributed by atoms with van der Waals surface area (Å²) in [6.45, 7) is 7.59. The maximum Gasteiger partial charge on any atom is 0.293 e. The molecule has 1 aromatic rings. The van der Waals surface area contributed by atoms with Crippen LogP contribution in [0.1, 0.15) is 12.5 Å². The minimum Gasteiger partial charge on any atom is -0.360 e. The van der Waals surface area contributed by atoms with E-state index in [2.05, 4.69) is 40.9 Å². The number of hydrogen-bond donors (Lipinski definition) is 3. The number of amides is 2. The lowest BCUT2D eigenvalue weighted by Gasteiger charge is -2.34. The van der Waals surface area contributed by atoms with Crippen LogP contribution in [0.4, 0.5) is 5.69 Å². The second-order valence-corrected chi connectivity index (χ2v) is 5.43. The first-order chi connectivity index (χ1) is 10.1. The molecule has 1 saturated heterocycles. The number of hydrogen-bond acceptors (Lipinski definition) is 3. The van der Waals surface area contributed by atoms with Crippen LogP contribution in [-0.2, 0) is 9.59 Å². The van der Waals surface area contributed by atoms with Crippen molar-refractivity contribution in [2.75, 3.05) is 37.6 Å². The molecule has 1 aliphatic heterocycles. The van der Waals surface area contributed by atoms with Gasteiger partial charge in [0.2, 0.25) is 5.91 Å². The minimum atomic E-state index is -0.261. The normalized spacial score (nSPS) is 15.6. The van der Waals surface area contributed by atoms with Crippen molar-refractivity contribution in [2.45, 2.75) is 13.8 Å². The molecule has 2 rings (SSSR count). The Bertz CT molecular complexity index is 510. The SMILES string of the molecule is CC(=O)NNC(=O)C[NH+]1CCN(c2ccccc2C)CC1. The molecular weight excluding hydrogens is 268 g/mol. The maximum atomic E-state index is 11.7. The first-order valence-corrected chi connectivity index (χ1v) is 7.26. The number of para-hydroxylation sites is 1. The Morgan fingerprint density at radius 3 is 2.48 bits per heavy atom. The van der Waals surface area contributed by atoms with Crippen molar-refractivity contribution >= 4 is 17.5 Å². The van der Waals surface area contributed by atoms with Crippen molar-refractivity contribution in [3.05, 3.63) is 29.8 Å². The van der Waals surface area contributed by atoms with Gasteiger partial charge in [-0.2, -0.15) is 0 Å². The molecule has 114 valence electrons. The predicted octanol–water partition coefficient (Wildman–Crippen LogP) is -1.13. The fourth-order valence-electron chi connectivity index (χ4n) is 2.59. The van der Waals surface area contributed by atoms with Gasteiger partial charge in [-0.3, -0.25) is 20.4 Å². The molecule has 1 fully saturated rings. The topological polar surface area (TPSA) is 65.9 Å². The van der Waals surface area contributed by atoms with Crippen LogP contribution in [0, 0.1) is 6.92 Å². The largest absolute Gasteiger partial charge is 0.360 e. The van der Waals surface area contributed by atoms with E-state index in [9.17, 15) is 9.59 Å². The number of aryl methyl sites for hydroxylation is 1. The average Bonchev–Trinajstić information content (AvgIpc) is 2.47. The minimum absolute atomic E-state index is 0.149. The van der Waals surface area contributed by atoms with Gasteiger partial charge in [0.15, 0.2) is 6.54 Å². The molecule has 0 unspecified atom stereocenters. The first-order valence-electron chi connectivity index (χ1n) is 7.26. The third kappa shape index (κ3) is 4.46. The quantitative estimate of drug-likeness (QED) is 0.617. The first kappa shape index (κ1) is 15.3. The summed E-state index contributed by atoms with van der Waals surface area (Å²) in [7, 11) is 0. The van der Waals surface area contributed by atoms with Crippen LogP contribution in [-0.4, -0.2) is 44.5 Å². The highest BCUT2D eigenvalue weighted by Crippen LogP contribution is 2.18. The van der Waals surface area contributed by atoms with E-state index in [1.54, 1.807) is 0 Å². The number of nitrogens with one attached hydrogen (secondary N) is 3. The van der Waals surface area contributed by atoms with Crippen molar-refractivity contribution in [2.24, 2.45) is 0 Å². The van der Waals surface area contributed by atoms with Crippen LogP contribution < -0.4 is 20.7 Å². The van der Waals surface area contributed by atoms with E-state index in [1.165, 1.54) is 23.1 Å². The van der Waals surface area contributed by atoms with Crippen LogP contribution in [0.3, 0.4) is 0 Å². The van der Waals surface area contributed by atoms with Gasteiger partial charge in [-0.1, -0.05) is 18.2 Å². The molecule has 0 aromatic heterocycles. The number of carbonyl (C=O) groups is 2. The summed E-state index contributed by atoms with van der Waals surface area (Å²) in [5, 5.41) is 0. The number of nitrogens with zero attached hydrogens (tertiary/aromatic N) is 1. The molecule has 21 heavy (non-hydrogen) atoms. The van der Waals surface area contributed by atoms with Crippen LogP contribution >= 0.6 is 0 Å². The number of quaternary nitrogens is 1. The summed E-state index contributed by atoms with van der Waals surface area (Å²) in [5.74, 6) is -0.410.